The van der Waals surface area contributed by atoms with Gasteiger partial charge in [-0.3, -0.25) is 9.79 Å². The average Bonchev–Trinajstić information content (AvgIpc) is 2.61. The summed E-state index contributed by atoms with van der Waals surface area (Å²) in [7, 11) is -3.56. The highest BCUT2D eigenvalue weighted by atomic mass is 32.2. The lowest BCUT2D eigenvalue weighted by Gasteiger charge is -2.30. The third-order valence-corrected chi connectivity index (χ3v) is 6.22. The van der Waals surface area contributed by atoms with Crippen molar-refractivity contribution in [3.8, 4) is 5.75 Å². The number of pyridine rings is 1. The van der Waals surface area contributed by atoms with Gasteiger partial charge in [0.2, 0.25) is 0 Å². The van der Waals surface area contributed by atoms with E-state index in [-0.39, 0.29) is 35.0 Å². The van der Waals surface area contributed by atoms with Gasteiger partial charge in [0.1, 0.15) is 34.4 Å². The van der Waals surface area contributed by atoms with Crippen LogP contribution in [-0.2, 0) is 21.8 Å². The third kappa shape index (κ3) is 4.96. The summed E-state index contributed by atoms with van der Waals surface area (Å²) in [6, 6.07) is 6.32. The Hall–Kier alpha value is -2.95. The number of carbonyl (C=O) groups is 1. The van der Waals surface area contributed by atoms with Crippen LogP contribution >= 0.6 is 0 Å². The van der Waals surface area contributed by atoms with Crippen molar-refractivity contribution in [1.82, 2.24) is 4.98 Å². The van der Waals surface area contributed by atoms with E-state index >= 15 is 0 Å². The van der Waals surface area contributed by atoms with Crippen molar-refractivity contribution in [3.63, 3.8) is 0 Å². The van der Waals surface area contributed by atoms with E-state index in [1.54, 1.807) is 0 Å². The number of rotatable bonds is 6. The second kappa shape index (κ2) is 8.05. The van der Waals surface area contributed by atoms with E-state index < -0.39 is 39.3 Å². The van der Waals surface area contributed by atoms with E-state index in [4.69, 9.17) is 5.73 Å². The maximum absolute atomic E-state index is 14.5. The Bertz CT molecular complexity index is 1100. The predicted molar refractivity (Wildman–Crippen MR) is 103 cm³/mol. The Balaban J connectivity index is 1.85. The zero-order chi connectivity index (χ0) is 22.1. The van der Waals surface area contributed by atoms with Gasteiger partial charge < -0.3 is 10.5 Å². The van der Waals surface area contributed by atoms with Crippen molar-refractivity contribution in [3.05, 3.63) is 59.2 Å². The minimum Gasteiger partial charge on any atom is -0.433 e. The van der Waals surface area contributed by atoms with Gasteiger partial charge in [0.25, 0.3) is 0 Å². The van der Waals surface area contributed by atoms with Crippen LogP contribution in [0.15, 0.2) is 41.5 Å². The van der Waals surface area contributed by atoms with Crippen molar-refractivity contribution >= 4 is 21.5 Å². The van der Waals surface area contributed by atoms with E-state index in [1.807, 2.05) is 0 Å². The molecule has 0 aliphatic carbocycles. The van der Waals surface area contributed by atoms with Crippen molar-refractivity contribution in [2.45, 2.75) is 25.5 Å². The number of nitrogens with zero attached hydrogens (tertiary/aromatic N) is 2. The topological polar surface area (TPSA) is 112 Å². The molecule has 11 heteroatoms. The first-order chi connectivity index (χ1) is 14.0. The summed E-state index contributed by atoms with van der Waals surface area (Å²) in [5, 5.41) is 0. The highest BCUT2D eigenvalue weighted by Gasteiger charge is 2.39. The number of alkyl halides is 2. The number of sulfone groups is 1. The molecule has 1 aromatic carbocycles. The Morgan fingerprint density at radius 3 is 2.63 bits per heavy atom. The Labute approximate surface area is 170 Å². The maximum Gasteiger partial charge on any atom is 0.387 e. The summed E-state index contributed by atoms with van der Waals surface area (Å²) >= 11 is 0. The van der Waals surface area contributed by atoms with E-state index in [9.17, 15) is 26.4 Å². The van der Waals surface area contributed by atoms with Crippen LogP contribution in [0.3, 0.4) is 0 Å². The fraction of sp³-hybridized carbons (Fsp3) is 0.316. The summed E-state index contributed by atoms with van der Waals surface area (Å²) in [6.07, 6.45) is 0.832. The number of Topliss-reactive ketones (excluding diaryl/α,β-unsaturated/α-hetero) is 1. The number of benzene rings is 1. The zero-order valence-electron chi connectivity index (χ0n) is 15.8. The standard InChI is InChI=1S/C19H18F3N3O4S/c1-19(10-30(27,28)9-17(23)25-19)13-6-11(2-4-14(13)20)7-16(26)15-5-3-12(8-24-15)29-18(21)22/h2-6,8,18H,7,9-10H2,1H3,(H2,23,25)/t19-/m0/s1. The van der Waals surface area contributed by atoms with Gasteiger partial charge in [0, 0.05) is 12.0 Å². The number of nitrogens with two attached hydrogens (primary N) is 1. The summed E-state index contributed by atoms with van der Waals surface area (Å²) in [6.45, 7) is -1.54. The summed E-state index contributed by atoms with van der Waals surface area (Å²) in [4.78, 5) is 20.4. The largest absolute Gasteiger partial charge is 0.433 e. The molecule has 0 spiro atoms. The molecule has 160 valence electrons. The summed E-state index contributed by atoms with van der Waals surface area (Å²) in [5.74, 6) is -2.22. The molecular formula is C19H18F3N3O4S. The first kappa shape index (κ1) is 21.8. The van der Waals surface area contributed by atoms with Crippen LogP contribution in [0.1, 0.15) is 28.5 Å². The average molecular weight is 441 g/mol. The molecule has 30 heavy (non-hydrogen) atoms. The molecule has 1 aliphatic rings. The number of aromatic nitrogens is 1. The molecule has 0 unspecified atom stereocenters. The van der Waals surface area contributed by atoms with Gasteiger partial charge in [-0.25, -0.2) is 17.8 Å². The second-order valence-electron chi connectivity index (χ2n) is 7.08. The van der Waals surface area contributed by atoms with Crippen LogP contribution in [-0.4, -0.2) is 43.1 Å². The Morgan fingerprint density at radius 2 is 2.03 bits per heavy atom. The highest BCUT2D eigenvalue weighted by molar-refractivity contribution is 7.92. The molecule has 0 amide bonds. The fourth-order valence-electron chi connectivity index (χ4n) is 3.31. The van der Waals surface area contributed by atoms with Crippen LogP contribution in [0.25, 0.3) is 0 Å². The lowest BCUT2D eigenvalue weighted by molar-refractivity contribution is -0.0500. The monoisotopic (exact) mass is 441 g/mol. The van der Waals surface area contributed by atoms with Gasteiger partial charge >= 0.3 is 6.61 Å². The summed E-state index contributed by atoms with van der Waals surface area (Å²) < 4.78 is 67.3. The molecule has 2 heterocycles. The molecule has 1 aliphatic heterocycles. The predicted octanol–water partition coefficient (Wildman–Crippen LogP) is 2.25. The van der Waals surface area contributed by atoms with Crippen LogP contribution in [0.2, 0.25) is 0 Å². The zero-order valence-corrected chi connectivity index (χ0v) is 16.6. The highest BCUT2D eigenvalue weighted by Crippen LogP contribution is 2.33. The van der Waals surface area contributed by atoms with Crippen LogP contribution in [0, 0.1) is 5.82 Å². The minimum absolute atomic E-state index is 0.00710. The Morgan fingerprint density at radius 1 is 1.30 bits per heavy atom. The normalized spacial score (nSPS) is 20.6. The number of ether oxygens (including phenoxy) is 1. The van der Waals surface area contributed by atoms with Gasteiger partial charge in [-0.05, 0) is 36.8 Å². The van der Waals surface area contributed by atoms with Crippen molar-refractivity contribution in [2.24, 2.45) is 10.7 Å². The number of halogens is 3. The molecular weight excluding hydrogens is 423 g/mol. The molecule has 1 atom stereocenters. The van der Waals surface area contributed by atoms with E-state index in [0.717, 1.165) is 12.3 Å². The minimum atomic E-state index is -3.56. The first-order valence-electron chi connectivity index (χ1n) is 8.75. The third-order valence-electron chi connectivity index (χ3n) is 4.48. The quantitative estimate of drug-likeness (QED) is 0.689. The number of ketones is 1. The molecule has 2 aromatic rings. The van der Waals surface area contributed by atoms with E-state index in [2.05, 4.69) is 14.7 Å². The second-order valence-corrected chi connectivity index (χ2v) is 9.15. The maximum atomic E-state index is 14.5. The molecule has 0 fully saturated rings. The van der Waals surface area contributed by atoms with Crippen LogP contribution in [0.4, 0.5) is 13.2 Å². The summed E-state index contributed by atoms with van der Waals surface area (Å²) in [5.41, 5.74) is 4.64. The molecule has 3 rings (SSSR count). The molecule has 0 radical (unpaired) electrons. The number of hydrogen-bond donors (Lipinski definition) is 1. The van der Waals surface area contributed by atoms with Crippen molar-refractivity contribution in [1.29, 1.82) is 0 Å². The number of amidine groups is 1. The van der Waals surface area contributed by atoms with Gasteiger partial charge in [0.15, 0.2) is 15.6 Å². The molecule has 0 saturated carbocycles. The fourth-order valence-corrected chi connectivity index (χ4v) is 5.01. The lowest BCUT2D eigenvalue weighted by atomic mass is 9.91. The molecule has 7 nitrogen and oxygen atoms in total. The van der Waals surface area contributed by atoms with Crippen molar-refractivity contribution in [2.75, 3.05) is 11.5 Å². The molecule has 2 N–H and O–H groups in total. The first-order valence-corrected chi connectivity index (χ1v) is 10.6. The number of carbonyl (C=O) groups excluding carboxylic acids is 1. The SMILES string of the molecule is C[C@@]1(c2cc(CC(=O)c3ccc(OC(F)F)cn3)ccc2F)CS(=O)(=O)CC(N)=N1. The van der Waals surface area contributed by atoms with E-state index in [0.29, 0.717) is 5.56 Å². The molecule has 1 aromatic heterocycles. The number of hydrogen-bond acceptors (Lipinski definition) is 7. The van der Waals surface area contributed by atoms with E-state index in [1.165, 1.54) is 31.2 Å². The van der Waals surface area contributed by atoms with Gasteiger partial charge in [-0.1, -0.05) is 6.07 Å². The smallest absolute Gasteiger partial charge is 0.387 e. The lowest BCUT2D eigenvalue weighted by Crippen LogP contribution is -2.42. The van der Waals surface area contributed by atoms with Crippen LogP contribution < -0.4 is 10.5 Å². The molecule has 0 bridgehead atoms. The Kier molecular flexibility index (Phi) is 5.84. The van der Waals surface area contributed by atoms with Crippen LogP contribution in [0.5, 0.6) is 5.75 Å². The molecule has 0 saturated heterocycles. The van der Waals surface area contributed by atoms with Gasteiger partial charge in [-0.15, -0.1) is 0 Å². The van der Waals surface area contributed by atoms with Crippen molar-refractivity contribution < 1.29 is 31.1 Å². The van der Waals surface area contributed by atoms with Gasteiger partial charge in [0.05, 0.1) is 11.9 Å². The number of aliphatic imine (C=N–C) groups is 1. The van der Waals surface area contributed by atoms with Gasteiger partial charge in [-0.2, -0.15) is 8.78 Å².